The SMILES string of the molecule is CC(C)(C)c1ccc([S+](c2ccc(OC(=O)C3C4CC5C(=O)OC3C5C4)cc2)c2ccc(C(C)(C)C)cc2)cc1. The minimum atomic E-state index is -0.343. The molecule has 5 atom stereocenters. The molecule has 208 valence electrons. The third-order valence-electron chi connectivity index (χ3n) is 8.95. The highest BCUT2D eigenvalue weighted by molar-refractivity contribution is 7.97. The van der Waals surface area contributed by atoms with Crippen LogP contribution in [0, 0.1) is 23.7 Å². The molecule has 0 spiro atoms. The van der Waals surface area contributed by atoms with E-state index in [0.29, 0.717) is 5.75 Å². The van der Waals surface area contributed by atoms with E-state index < -0.39 is 0 Å². The van der Waals surface area contributed by atoms with Crippen molar-refractivity contribution in [2.24, 2.45) is 23.7 Å². The van der Waals surface area contributed by atoms with Crippen molar-refractivity contribution >= 4 is 22.8 Å². The highest BCUT2D eigenvalue weighted by atomic mass is 32.2. The van der Waals surface area contributed by atoms with Gasteiger partial charge in [0.25, 0.3) is 0 Å². The van der Waals surface area contributed by atoms with E-state index in [0.717, 1.165) is 12.8 Å². The van der Waals surface area contributed by atoms with Crippen LogP contribution in [0.2, 0.25) is 0 Å². The van der Waals surface area contributed by atoms with Crippen LogP contribution in [0.3, 0.4) is 0 Å². The number of ether oxygens (including phenoxy) is 2. The van der Waals surface area contributed by atoms with E-state index in [4.69, 9.17) is 9.47 Å². The molecule has 1 heterocycles. The lowest BCUT2D eigenvalue weighted by Crippen LogP contribution is -2.35. The molecular formula is C35H39O4S+. The Kier molecular flexibility index (Phi) is 6.65. The van der Waals surface area contributed by atoms with Crippen LogP contribution in [0.1, 0.15) is 65.5 Å². The Morgan fingerprint density at radius 2 is 1.23 bits per heavy atom. The number of carbonyl (C=O) groups is 2. The number of esters is 2. The Hall–Kier alpha value is -3.05. The second-order valence-corrected chi connectivity index (χ2v) is 15.7. The van der Waals surface area contributed by atoms with Gasteiger partial charge in [0.1, 0.15) is 11.9 Å². The fourth-order valence-electron chi connectivity index (χ4n) is 6.70. The Bertz CT molecular complexity index is 1350. The van der Waals surface area contributed by atoms with Crippen LogP contribution in [-0.4, -0.2) is 18.0 Å². The van der Waals surface area contributed by atoms with Crippen LogP contribution in [0.5, 0.6) is 5.75 Å². The lowest BCUT2D eigenvalue weighted by atomic mass is 9.82. The molecule has 5 unspecified atom stereocenters. The molecule has 2 aliphatic carbocycles. The van der Waals surface area contributed by atoms with Crippen molar-refractivity contribution in [2.45, 2.75) is 86.0 Å². The quantitative estimate of drug-likeness (QED) is 0.186. The van der Waals surface area contributed by atoms with Crippen LogP contribution >= 0.6 is 0 Å². The molecular weight excluding hydrogens is 516 g/mol. The zero-order chi connectivity index (χ0) is 28.4. The first-order valence-electron chi connectivity index (χ1n) is 14.4. The molecule has 2 bridgehead atoms. The summed E-state index contributed by atoms with van der Waals surface area (Å²) in [5.41, 5.74) is 2.80. The zero-order valence-electron chi connectivity index (χ0n) is 24.3. The van der Waals surface area contributed by atoms with Gasteiger partial charge >= 0.3 is 11.9 Å². The third-order valence-corrected chi connectivity index (χ3v) is 11.2. The summed E-state index contributed by atoms with van der Waals surface area (Å²) in [4.78, 5) is 29.0. The van der Waals surface area contributed by atoms with Crippen molar-refractivity contribution in [3.63, 3.8) is 0 Å². The summed E-state index contributed by atoms with van der Waals surface area (Å²) in [6.07, 6.45) is 1.34. The van der Waals surface area contributed by atoms with E-state index in [1.165, 1.54) is 25.8 Å². The summed E-state index contributed by atoms with van der Waals surface area (Å²) >= 11 is 0. The van der Waals surface area contributed by atoms with E-state index in [-0.39, 0.29) is 63.4 Å². The molecule has 3 fully saturated rings. The summed E-state index contributed by atoms with van der Waals surface area (Å²) in [5, 5.41) is 0. The third kappa shape index (κ3) is 4.87. The second-order valence-electron chi connectivity index (χ2n) is 13.7. The number of rotatable bonds is 5. The van der Waals surface area contributed by atoms with Gasteiger partial charge in [-0.25, -0.2) is 0 Å². The predicted molar refractivity (Wildman–Crippen MR) is 158 cm³/mol. The maximum Gasteiger partial charge on any atom is 0.318 e. The molecule has 1 aliphatic heterocycles. The monoisotopic (exact) mass is 555 g/mol. The summed E-state index contributed by atoms with van der Waals surface area (Å²) in [6.45, 7) is 13.4. The maximum absolute atomic E-state index is 13.2. The van der Waals surface area contributed by atoms with Gasteiger partial charge in [-0.15, -0.1) is 0 Å². The smallest absolute Gasteiger partial charge is 0.318 e. The van der Waals surface area contributed by atoms with Gasteiger partial charge in [0.2, 0.25) is 0 Å². The summed E-state index contributed by atoms with van der Waals surface area (Å²) in [5.74, 6) is 0.163. The lowest BCUT2D eigenvalue weighted by molar-refractivity contribution is -0.149. The van der Waals surface area contributed by atoms with E-state index in [1.807, 2.05) is 12.1 Å². The Balaban J connectivity index is 1.26. The minimum absolute atomic E-state index is 0.00816. The number of fused-ring (bicyclic) bond motifs is 1. The number of benzene rings is 3. The molecule has 3 aliphatic rings. The molecule has 0 radical (unpaired) electrons. The number of hydrogen-bond acceptors (Lipinski definition) is 4. The molecule has 0 amide bonds. The average molecular weight is 556 g/mol. The second kappa shape index (κ2) is 9.80. The van der Waals surface area contributed by atoms with E-state index in [1.54, 1.807) is 0 Å². The zero-order valence-corrected chi connectivity index (χ0v) is 25.1. The molecule has 0 N–H and O–H groups in total. The standard InChI is InChI=1S/C35H39O4S/c1-34(2,3)22-7-13-25(14-8-22)40(26-15-9-23(10-16-26)35(4,5)6)27-17-11-24(12-18-27)38-33(37)30-21-19-28-29(20-21)32(36)39-31(28)30/h7-18,21,28-31H,19-20H2,1-6H3/q+1. The Morgan fingerprint density at radius 1 is 0.750 bits per heavy atom. The first kappa shape index (κ1) is 27.1. The Labute approximate surface area is 240 Å². The van der Waals surface area contributed by atoms with E-state index in [9.17, 15) is 9.59 Å². The van der Waals surface area contributed by atoms with Crippen molar-refractivity contribution < 1.29 is 19.1 Å². The highest BCUT2D eigenvalue weighted by Crippen LogP contribution is 2.57. The van der Waals surface area contributed by atoms with Gasteiger partial charge < -0.3 is 9.47 Å². The average Bonchev–Trinajstić information content (AvgIpc) is 3.53. The molecule has 3 aromatic carbocycles. The molecule has 4 nitrogen and oxygen atoms in total. The minimum Gasteiger partial charge on any atom is -0.461 e. The van der Waals surface area contributed by atoms with E-state index in [2.05, 4.69) is 102 Å². The molecule has 40 heavy (non-hydrogen) atoms. The largest absolute Gasteiger partial charge is 0.461 e. The van der Waals surface area contributed by atoms with Crippen LogP contribution in [0.25, 0.3) is 0 Å². The molecule has 5 heteroatoms. The maximum atomic E-state index is 13.2. The molecule has 2 saturated carbocycles. The fraction of sp³-hybridized carbons (Fsp3) is 0.429. The van der Waals surface area contributed by atoms with Crippen molar-refractivity contribution in [2.75, 3.05) is 0 Å². The van der Waals surface area contributed by atoms with E-state index >= 15 is 0 Å². The predicted octanol–water partition coefficient (Wildman–Crippen LogP) is 7.48. The lowest BCUT2D eigenvalue weighted by Gasteiger charge is -2.23. The van der Waals surface area contributed by atoms with Crippen LogP contribution in [0.4, 0.5) is 0 Å². The van der Waals surface area contributed by atoms with Crippen molar-refractivity contribution in [3.05, 3.63) is 83.9 Å². The molecule has 3 aromatic rings. The highest BCUT2D eigenvalue weighted by Gasteiger charge is 2.64. The van der Waals surface area contributed by atoms with Gasteiger partial charge in [-0.05, 0) is 89.2 Å². The first-order valence-corrected chi connectivity index (χ1v) is 15.6. The van der Waals surface area contributed by atoms with Gasteiger partial charge in [0.05, 0.1) is 22.7 Å². The molecule has 0 aromatic heterocycles. The van der Waals surface area contributed by atoms with Crippen LogP contribution in [0.15, 0.2) is 87.5 Å². The van der Waals surface area contributed by atoms with Crippen molar-refractivity contribution in [1.82, 2.24) is 0 Å². The van der Waals surface area contributed by atoms with Gasteiger partial charge in [0.15, 0.2) is 14.7 Å². The van der Waals surface area contributed by atoms with Crippen molar-refractivity contribution in [3.8, 4) is 5.75 Å². The Morgan fingerprint density at radius 3 is 1.70 bits per heavy atom. The van der Waals surface area contributed by atoms with Gasteiger partial charge in [0, 0.05) is 5.92 Å². The van der Waals surface area contributed by atoms with Crippen molar-refractivity contribution in [1.29, 1.82) is 0 Å². The van der Waals surface area contributed by atoms with Gasteiger partial charge in [-0.2, -0.15) is 0 Å². The molecule has 6 rings (SSSR count). The molecule has 1 saturated heterocycles. The van der Waals surface area contributed by atoms with Crippen LogP contribution < -0.4 is 4.74 Å². The first-order chi connectivity index (χ1) is 18.9. The summed E-state index contributed by atoms with van der Waals surface area (Å²) < 4.78 is 11.4. The topological polar surface area (TPSA) is 52.6 Å². The number of carbonyl (C=O) groups excluding carboxylic acids is 2. The summed E-state index contributed by atoms with van der Waals surface area (Å²) in [6, 6.07) is 25.9. The number of hydrogen-bond donors (Lipinski definition) is 0. The van der Waals surface area contributed by atoms with Crippen LogP contribution in [-0.2, 0) is 36.1 Å². The van der Waals surface area contributed by atoms with Gasteiger partial charge in [-0.3, -0.25) is 9.59 Å². The normalized spacial score (nSPS) is 25.4. The fourth-order valence-corrected chi connectivity index (χ4v) is 8.74. The summed E-state index contributed by atoms with van der Waals surface area (Å²) in [7, 11) is -0.313. The van der Waals surface area contributed by atoms with Gasteiger partial charge in [-0.1, -0.05) is 65.8 Å².